The molecular formula is C19H18Cl2N2O4S. The fourth-order valence-corrected chi connectivity index (χ4v) is 3.71. The van der Waals surface area contributed by atoms with E-state index < -0.39 is 10.1 Å². The summed E-state index contributed by atoms with van der Waals surface area (Å²) < 4.78 is 31.5. The minimum atomic E-state index is -4.03. The van der Waals surface area contributed by atoms with E-state index in [0.29, 0.717) is 32.4 Å². The Balaban J connectivity index is 0.000000221. The Morgan fingerprint density at radius 2 is 1.71 bits per heavy atom. The summed E-state index contributed by atoms with van der Waals surface area (Å²) in [5.41, 5.74) is 2.22. The minimum Gasteiger partial charge on any atom is -0.288 e. The number of aryl methyl sites for hydroxylation is 3. The van der Waals surface area contributed by atoms with Gasteiger partial charge in [0.15, 0.2) is 5.78 Å². The van der Waals surface area contributed by atoms with Crippen molar-refractivity contribution in [1.82, 2.24) is 9.78 Å². The zero-order valence-corrected chi connectivity index (χ0v) is 17.7. The molecule has 2 aromatic carbocycles. The number of aromatic nitrogens is 2. The largest absolute Gasteiger partial charge is 0.294 e. The van der Waals surface area contributed by atoms with Gasteiger partial charge in [0.05, 0.1) is 21.2 Å². The third kappa shape index (κ3) is 5.42. The Morgan fingerprint density at radius 3 is 2.18 bits per heavy atom. The minimum absolute atomic E-state index is 0.0278. The summed E-state index contributed by atoms with van der Waals surface area (Å²) in [7, 11) is -2.26. The monoisotopic (exact) mass is 440 g/mol. The molecule has 3 rings (SSSR count). The molecule has 6 nitrogen and oxygen atoms in total. The molecule has 0 aliphatic carbocycles. The number of halogens is 2. The molecular weight excluding hydrogens is 423 g/mol. The summed E-state index contributed by atoms with van der Waals surface area (Å²) in [6, 6.07) is 11.1. The van der Waals surface area contributed by atoms with Crippen LogP contribution in [0.15, 0.2) is 53.6 Å². The molecule has 0 spiro atoms. The van der Waals surface area contributed by atoms with Gasteiger partial charge in [0.1, 0.15) is 0 Å². The van der Waals surface area contributed by atoms with Crippen molar-refractivity contribution >= 4 is 39.1 Å². The van der Waals surface area contributed by atoms with Crippen molar-refractivity contribution in [2.75, 3.05) is 0 Å². The van der Waals surface area contributed by atoms with E-state index in [2.05, 4.69) is 5.10 Å². The molecule has 0 unspecified atom stereocenters. The lowest BCUT2D eigenvalue weighted by molar-refractivity contribution is 0.103. The summed E-state index contributed by atoms with van der Waals surface area (Å²) in [5, 5.41) is 4.99. The maximum Gasteiger partial charge on any atom is 0.294 e. The number of benzene rings is 2. The molecule has 1 aromatic heterocycles. The van der Waals surface area contributed by atoms with Crippen LogP contribution in [0.4, 0.5) is 0 Å². The van der Waals surface area contributed by atoms with Crippen LogP contribution in [0.1, 0.15) is 27.2 Å². The van der Waals surface area contributed by atoms with Crippen LogP contribution in [0, 0.1) is 13.8 Å². The second kappa shape index (κ2) is 8.87. The predicted octanol–water partition coefficient (Wildman–Crippen LogP) is 4.51. The second-order valence-electron chi connectivity index (χ2n) is 6.00. The van der Waals surface area contributed by atoms with E-state index in [1.165, 1.54) is 6.07 Å². The molecule has 148 valence electrons. The number of rotatable bonds is 3. The third-order valence-electron chi connectivity index (χ3n) is 3.81. The van der Waals surface area contributed by atoms with Crippen molar-refractivity contribution in [3.8, 4) is 0 Å². The summed E-state index contributed by atoms with van der Waals surface area (Å²) >= 11 is 11.8. The van der Waals surface area contributed by atoms with E-state index in [1.807, 2.05) is 0 Å². The van der Waals surface area contributed by atoms with Crippen LogP contribution in [0.5, 0.6) is 0 Å². The van der Waals surface area contributed by atoms with Gasteiger partial charge in [-0.3, -0.25) is 14.0 Å². The zero-order chi connectivity index (χ0) is 21.1. The molecule has 0 radical (unpaired) electrons. The van der Waals surface area contributed by atoms with Gasteiger partial charge in [0.25, 0.3) is 10.1 Å². The highest BCUT2D eigenvalue weighted by Gasteiger charge is 2.17. The predicted molar refractivity (Wildman–Crippen MR) is 109 cm³/mol. The Hall–Kier alpha value is -2.19. The van der Waals surface area contributed by atoms with Crippen LogP contribution in [-0.4, -0.2) is 28.5 Å². The van der Waals surface area contributed by atoms with Crippen molar-refractivity contribution in [3.63, 3.8) is 0 Å². The molecule has 0 bridgehead atoms. The normalized spacial score (nSPS) is 10.9. The summed E-state index contributed by atoms with van der Waals surface area (Å²) in [5.74, 6) is -0.141. The molecule has 1 heterocycles. The lowest BCUT2D eigenvalue weighted by Crippen LogP contribution is -2.02. The van der Waals surface area contributed by atoms with E-state index in [4.69, 9.17) is 27.8 Å². The molecule has 0 amide bonds. The number of carbonyl (C=O) groups excluding carboxylic acids is 1. The van der Waals surface area contributed by atoms with E-state index in [0.717, 1.165) is 0 Å². The van der Waals surface area contributed by atoms with Gasteiger partial charge in [-0.05, 0) is 43.7 Å². The Labute approximate surface area is 173 Å². The molecule has 1 N–H and O–H groups in total. The lowest BCUT2D eigenvalue weighted by atomic mass is 10.0. The van der Waals surface area contributed by atoms with Gasteiger partial charge in [0.2, 0.25) is 0 Å². The summed E-state index contributed by atoms with van der Waals surface area (Å²) in [4.78, 5) is 12.2. The fraction of sp³-hybridized carbons (Fsp3) is 0.158. The van der Waals surface area contributed by atoms with Gasteiger partial charge in [-0.15, -0.1) is 0 Å². The topological polar surface area (TPSA) is 89.3 Å². The first-order valence-corrected chi connectivity index (χ1v) is 10.2. The Morgan fingerprint density at radius 1 is 1.07 bits per heavy atom. The summed E-state index contributed by atoms with van der Waals surface area (Å²) in [6.07, 6.45) is 1.68. The van der Waals surface area contributed by atoms with Crippen LogP contribution < -0.4 is 0 Å². The van der Waals surface area contributed by atoms with Crippen LogP contribution in [0.2, 0.25) is 10.0 Å². The van der Waals surface area contributed by atoms with Crippen LogP contribution in [0.3, 0.4) is 0 Å². The van der Waals surface area contributed by atoms with E-state index >= 15 is 0 Å². The van der Waals surface area contributed by atoms with Crippen LogP contribution in [0.25, 0.3) is 0 Å². The van der Waals surface area contributed by atoms with E-state index in [-0.39, 0.29) is 10.7 Å². The van der Waals surface area contributed by atoms with Crippen LogP contribution >= 0.6 is 23.2 Å². The molecule has 0 saturated heterocycles. The zero-order valence-electron chi connectivity index (χ0n) is 15.3. The van der Waals surface area contributed by atoms with Crippen molar-refractivity contribution in [1.29, 1.82) is 0 Å². The average molecular weight is 441 g/mol. The van der Waals surface area contributed by atoms with Gasteiger partial charge >= 0.3 is 0 Å². The molecule has 0 aliphatic heterocycles. The maximum absolute atomic E-state index is 12.2. The quantitative estimate of drug-likeness (QED) is 0.477. The lowest BCUT2D eigenvalue weighted by Gasteiger charge is -2.02. The highest BCUT2D eigenvalue weighted by Crippen LogP contribution is 2.24. The van der Waals surface area contributed by atoms with Gasteiger partial charge in [0, 0.05) is 23.8 Å². The fourth-order valence-electron chi connectivity index (χ4n) is 2.49. The highest BCUT2D eigenvalue weighted by atomic mass is 35.5. The second-order valence-corrected chi connectivity index (χ2v) is 8.23. The number of hydrogen-bond acceptors (Lipinski definition) is 4. The van der Waals surface area contributed by atoms with E-state index in [9.17, 15) is 13.2 Å². The van der Waals surface area contributed by atoms with Gasteiger partial charge in [-0.2, -0.15) is 13.5 Å². The Kier molecular flexibility index (Phi) is 7.01. The standard InChI is InChI=1S/C12H10Cl2N2O.C7H8O3S/c1-7-10(6-16(2)15-7)12(17)9-4-3-8(13)5-11(9)14;1-6-4-2-3-5-7(6)11(8,9)10/h3-6H,1-2H3;2-5H,1H3,(H,8,9,10). The Bertz CT molecular complexity index is 1120. The average Bonchev–Trinajstić information content (AvgIpc) is 2.92. The first-order chi connectivity index (χ1) is 13.0. The van der Waals surface area contributed by atoms with Crippen molar-refractivity contribution in [3.05, 3.63) is 81.1 Å². The molecule has 28 heavy (non-hydrogen) atoms. The molecule has 3 aromatic rings. The number of carbonyl (C=O) groups is 1. The smallest absolute Gasteiger partial charge is 0.288 e. The van der Waals surface area contributed by atoms with Gasteiger partial charge in [-0.1, -0.05) is 41.4 Å². The van der Waals surface area contributed by atoms with Crippen molar-refractivity contribution < 1.29 is 17.8 Å². The van der Waals surface area contributed by atoms with E-state index in [1.54, 1.807) is 68.2 Å². The van der Waals surface area contributed by atoms with Gasteiger partial charge < -0.3 is 0 Å². The molecule has 0 aliphatic rings. The molecule has 0 atom stereocenters. The van der Waals surface area contributed by atoms with Crippen molar-refractivity contribution in [2.45, 2.75) is 18.7 Å². The first kappa shape index (κ1) is 22.1. The highest BCUT2D eigenvalue weighted by molar-refractivity contribution is 7.85. The SMILES string of the molecule is Cc1ccccc1S(=O)(=O)O.Cc1nn(C)cc1C(=O)c1ccc(Cl)cc1Cl. The number of ketones is 1. The van der Waals surface area contributed by atoms with Crippen LogP contribution in [-0.2, 0) is 17.2 Å². The number of hydrogen-bond donors (Lipinski definition) is 1. The third-order valence-corrected chi connectivity index (χ3v) is 5.37. The van der Waals surface area contributed by atoms with Crippen molar-refractivity contribution in [2.24, 2.45) is 7.05 Å². The molecule has 0 saturated carbocycles. The molecule has 9 heteroatoms. The maximum atomic E-state index is 12.2. The summed E-state index contributed by atoms with van der Waals surface area (Å²) in [6.45, 7) is 3.42. The first-order valence-electron chi connectivity index (χ1n) is 8.04. The molecule has 0 fully saturated rings. The number of nitrogens with zero attached hydrogens (tertiary/aromatic N) is 2. The van der Waals surface area contributed by atoms with Gasteiger partial charge in [-0.25, -0.2) is 0 Å².